The molecule has 0 unspecified atom stereocenters. The first-order valence-electron chi connectivity index (χ1n) is 39.7. The molecule has 0 radical (unpaired) electrons. The molecule has 1 heteroatoms. The highest BCUT2D eigenvalue weighted by molar-refractivity contribution is 6.04. The summed E-state index contributed by atoms with van der Waals surface area (Å²) in [7, 11) is 0. The lowest BCUT2D eigenvalue weighted by molar-refractivity contribution is 1.28. The number of benzene rings is 11. The van der Waals surface area contributed by atoms with Crippen LogP contribution in [0.15, 0.2) is 260 Å². The summed E-state index contributed by atoms with van der Waals surface area (Å²) in [5.41, 5.74) is -17.1. The van der Waals surface area contributed by atoms with Crippen molar-refractivity contribution in [3.8, 4) is 66.8 Å². The van der Waals surface area contributed by atoms with Crippen LogP contribution in [0.5, 0.6) is 0 Å². The van der Waals surface area contributed by atoms with E-state index in [9.17, 15) is 23.3 Å². The third kappa shape index (κ3) is 7.37. The number of rotatable bonds is 9. The van der Waals surface area contributed by atoms with Crippen molar-refractivity contribution < 1.29 is 58.9 Å². The van der Waals surface area contributed by atoms with E-state index in [1.807, 2.05) is 0 Å². The Kier molecular flexibility index (Phi) is 3.60. The lowest BCUT2D eigenvalue weighted by Gasteiger charge is -2.26. The highest BCUT2D eigenvalue weighted by Gasteiger charge is 2.17. The average molecular weight is 845 g/mol. The van der Waals surface area contributed by atoms with Crippen molar-refractivity contribution in [1.82, 2.24) is 0 Å². The maximum absolute atomic E-state index is 10.0. The zero-order chi connectivity index (χ0) is 79.4. The fourth-order valence-corrected chi connectivity index (χ4v) is 6.34. The van der Waals surface area contributed by atoms with Gasteiger partial charge in [0.05, 0.1) is 58.9 Å². The Morgan fingerprint density at radius 1 is 0.238 bits per heavy atom. The molecule has 0 spiro atoms. The lowest BCUT2D eigenvalue weighted by atomic mass is 9.89. The van der Waals surface area contributed by atoms with Crippen molar-refractivity contribution in [2.24, 2.45) is 0 Å². The predicted molar refractivity (Wildman–Crippen MR) is 269 cm³/mol. The van der Waals surface area contributed by atoms with Crippen LogP contribution in [0.2, 0.25) is 0 Å². The van der Waals surface area contributed by atoms with Crippen molar-refractivity contribution in [3.05, 3.63) is 260 Å². The van der Waals surface area contributed by atoms with Gasteiger partial charge in [-0.15, -0.1) is 0 Å². The van der Waals surface area contributed by atoms with Gasteiger partial charge in [0.15, 0.2) is 0 Å². The van der Waals surface area contributed by atoms with Crippen LogP contribution in [0.1, 0.15) is 58.9 Å². The van der Waals surface area contributed by atoms with Crippen LogP contribution in [0, 0.1) is 0 Å². The van der Waals surface area contributed by atoms with Gasteiger partial charge in [0, 0.05) is 17.1 Å². The Bertz CT molecular complexity index is 5760. The van der Waals surface area contributed by atoms with Gasteiger partial charge in [-0.05, 0) is 131 Å². The molecule has 0 saturated carbocycles. The fourth-order valence-electron chi connectivity index (χ4n) is 6.34. The zero-order valence-electron chi connectivity index (χ0n) is 74.4. The van der Waals surface area contributed by atoms with E-state index in [2.05, 4.69) is 0 Å². The first-order chi connectivity index (χ1) is 49.2. The van der Waals surface area contributed by atoms with Gasteiger partial charge in [-0.3, -0.25) is 0 Å². The summed E-state index contributed by atoms with van der Waals surface area (Å²) in [5.74, 6) is 0. The largest absolute Gasteiger partial charge is 0.311 e. The standard InChI is InChI=1S/C62H43N/c1-4-15-45(16-5-1)58-41-34-52(43-61(58)48-19-8-3-9-20-48)44-27-35-53(36-28-44)63(54-37-29-50(30-38-54)57-26-14-23-46-21-10-12-24-56(46)57)55-39-31-51(32-40-55)62-59-25-13-11-22-49(59)33-42-60(62)47-17-6-2-7-18-47/h1-43H/i1D,2D,3D,4D,5D,6D,7D,8D,9D,10D,11D,12D,13D,14D,15D,16D,17D,18D,19D,20D,21D,22D,23D,24D,25D,26D,27D,28D,29D,30D,31D,32D,33D,34D,35D,36D,37D,38D,39D,40D,41D,42D,43D. The number of hydrogen-bond acceptors (Lipinski definition) is 1. The van der Waals surface area contributed by atoms with Gasteiger partial charge in [-0.25, -0.2) is 0 Å². The lowest BCUT2D eigenvalue weighted by Crippen LogP contribution is -2.09. The monoisotopic (exact) mass is 845 g/mol. The van der Waals surface area contributed by atoms with Crippen LogP contribution in [-0.2, 0) is 0 Å². The molecule has 0 heterocycles. The Hall–Kier alpha value is -8.26. The summed E-state index contributed by atoms with van der Waals surface area (Å²) < 4.78 is 393. The minimum Gasteiger partial charge on any atom is -0.311 e. The first kappa shape index (κ1) is 13.6. The molecule has 0 aliphatic carbocycles. The topological polar surface area (TPSA) is 3.24 Å². The molecule has 0 bridgehead atoms. The highest BCUT2D eigenvalue weighted by atomic mass is 15.1. The van der Waals surface area contributed by atoms with E-state index in [0.29, 0.717) is 0 Å². The highest BCUT2D eigenvalue weighted by Crippen LogP contribution is 2.43. The van der Waals surface area contributed by atoms with Crippen molar-refractivity contribution in [2.75, 3.05) is 4.90 Å². The number of nitrogens with zero attached hydrogens (tertiary/aromatic N) is 1. The molecule has 0 saturated heterocycles. The molecule has 63 heavy (non-hydrogen) atoms. The smallest absolute Gasteiger partial charge is 0.0645 e. The van der Waals surface area contributed by atoms with Crippen LogP contribution in [0.25, 0.3) is 88.3 Å². The van der Waals surface area contributed by atoms with Crippen molar-refractivity contribution >= 4 is 38.6 Å². The molecule has 11 aromatic carbocycles. The summed E-state index contributed by atoms with van der Waals surface area (Å²) in [6.07, 6.45) is 0. The molecule has 11 aromatic rings. The summed E-state index contributed by atoms with van der Waals surface area (Å²) >= 11 is 0. The van der Waals surface area contributed by atoms with Crippen molar-refractivity contribution in [3.63, 3.8) is 0 Å². The molecular formula is C62H43N. The van der Waals surface area contributed by atoms with Gasteiger partial charge in [0.1, 0.15) is 0 Å². The van der Waals surface area contributed by atoms with Crippen LogP contribution >= 0.6 is 0 Å². The fraction of sp³-hybridized carbons (Fsp3) is 0. The zero-order valence-corrected chi connectivity index (χ0v) is 31.4. The maximum atomic E-state index is 10.0. The number of anilines is 3. The molecule has 0 N–H and O–H groups in total. The molecule has 1 nitrogen and oxygen atoms in total. The van der Waals surface area contributed by atoms with Crippen LogP contribution in [0.4, 0.5) is 17.1 Å². The SMILES string of the molecule is [2H]c1c([2H])c([2H])c(-c2c([2H])c([2H])c(-c3c([2H])c([2H])c(N(c4c([2H])c([2H])c(-c5c([2H])c([2H])c([2H])c6c([2H])c([2H])c([2H])c([2H])c56)c([2H])c4[2H])c4c([2H])c([2H])c(-c5c(-c6c([2H])c([2H])c([2H])c([2H])c6[2H])c([2H])c([2H])c6c([2H])c([2H])c([2H])c([2H])c56)c([2H])c4[2H])c([2H])c3[2H])c([2H])c2-c2c([2H])c([2H])c([2H])c([2H])c2[2H])c([2H])c1[2H]. The Labute approximate surface area is 429 Å². The van der Waals surface area contributed by atoms with E-state index in [1.165, 1.54) is 0 Å². The average Bonchev–Trinajstić information content (AvgIpc) is 0.721. The normalized spacial score (nSPS) is 20.7. The predicted octanol–water partition coefficient (Wildman–Crippen LogP) is 17.5. The molecule has 0 fully saturated rings. The Morgan fingerprint density at radius 3 is 1.25 bits per heavy atom. The molecule has 0 aromatic heterocycles. The third-order valence-electron chi connectivity index (χ3n) is 9.13. The summed E-state index contributed by atoms with van der Waals surface area (Å²) in [6.45, 7) is 0. The van der Waals surface area contributed by atoms with Gasteiger partial charge in [-0.2, -0.15) is 0 Å². The van der Waals surface area contributed by atoms with Gasteiger partial charge < -0.3 is 4.90 Å². The second-order valence-corrected chi connectivity index (χ2v) is 12.8. The Morgan fingerprint density at radius 2 is 0.651 bits per heavy atom. The second kappa shape index (κ2) is 16.7. The van der Waals surface area contributed by atoms with Crippen molar-refractivity contribution in [2.45, 2.75) is 0 Å². The maximum Gasteiger partial charge on any atom is 0.0645 e. The van der Waals surface area contributed by atoms with E-state index >= 15 is 0 Å². The van der Waals surface area contributed by atoms with Crippen LogP contribution in [-0.4, -0.2) is 0 Å². The first-order valence-corrected chi connectivity index (χ1v) is 18.2. The van der Waals surface area contributed by atoms with Gasteiger partial charge in [0.25, 0.3) is 0 Å². The van der Waals surface area contributed by atoms with E-state index in [1.54, 1.807) is 0 Å². The van der Waals surface area contributed by atoms with Crippen LogP contribution < -0.4 is 4.90 Å². The second-order valence-electron chi connectivity index (χ2n) is 12.8. The summed E-state index contributed by atoms with van der Waals surface area (Å²) in [5, 5.41) is -3.32. The van der Waals surface area contributed by atoms with Crippen LogP contribution in [0.3, 0.4) is 0 Å². The molecule has 0 aliphatic heterocycles. The van der Waals surface area contributed by atoms with E-state index in [4.69, 9.17) is 35.6 Å². The number of fused-ring (bicyclic) bond motifs is 2. The molecular weight excluding hydrogens is 759 g/mol. The van der Waals surface area contributed by atoms with Gasteiger partial charge in [0.2, 0.25) is 0 Å². The van der Waals surface area contributed by atoms with Gasteiger partial charge >= 0.3 is 0 Å². The minimum atomic E-state index is -1.56. The van der Waals surface area contributed by atoms with Gasteiger partial charge in [-0.1, -0.05) is 218 Å². The molecule has 0 amide bonds. The number of hydrogen-bond donors (Lipinski definition) is 0. The van der Waals surface area contributed by atoms with Crippen molar-refractivity contribution in [1.29, 1.82) is 0 Å². The molecule has 296 valence electrons. The Balaban J connectivity index is 1.34. The molecule has 11 rings (SSSR count). The van der Waals surface area contributed by atoms with E-state index < -0.39 is 365 Å². The summed E-state index contributed by atoms with van der Waals surface area (Å²) in [4.78, 5) is 0.108. The minimum absolute atomic E-state index is 0.108. The summed E-state index contributed by atoms with van der Waals surface area (Å²) in [6, 6.07) is -52.0. The van der Waals surface area contributed by atoms with E-state index in [0.717, 1.165) is 0 Å². The van der Waals surface area contributed by atoms with E-state index in [-0.39, 0.29) is 4.90 Å². The third-order valence-corrected chi connectivity index (χ3v) is 9.13. The molecule has 0 atom stereocenters. The quantitative estimate of drug-likeness (QED) is 0.140. The molecule has 0 aliphatic rings.